The zero-order chi connectivity index (χ0) is 99.2. The van der Waals surface area contributed by atoms with Crippen LogP contribution < -0.4 is 0 Å². The van der Waals surface area contributed by atoms with E-state index in [0.29, 0.717) is 5.92 Å². The predicted octanol–water partition coefficient (Wildman–Crippen LogP) is 40.2. The molecular formula is C144H108O5. The van der Waals surface area contributed by atoms with Gasteiger partial charge in [-0.15, -0.1) is 0 Å². The number of aryl methyl sites for hydroxylation is 2. The van der Waals surface area contributed by atoms with Gasteiger partial charge in [-0.05, 0) is 216 Å². The summed E-state index contributed by atoms with van der Waals surface area (Å²) in [6.07, 6.45) is 11.9. The molecule has 0 bridgehead atoms. The summed E-state index contributed by atoms with van der Waals surface area (Å²) < 4.78 is 33.2. The predicted molar refractivity (Wildman–Crippen MR) is 628 cm³/mol. The van der Waals surface area contributed by atoms with Crippen LogP contribution in [0.3, 0.4) is 0 Å². The van der Waals surface area contributed by atoms with Crippen molar-refractivity contribution >= 4 is 185 Å². The number of para-hydroxylation sites is 5. The average Bonchev–Trinajstić information content (AvgIpc) is 1.42. The molecule has 1 aliphatic rings. The van der Waals surface area contributed by atoms with E-state index in [1.165, 1.54) is 245 Å². The average molecular weight is 1920 g/mol. The normalized spacial score (nSPS) is 12.4. The van der Waals surface area contributed by atoms with Gasteiger partial charge in [0.15, 0.2) is 0 Å². The summed E-state index contributed by atoms with van der Waals surface area (Å²) in [6.45, 7) is 4.33. The van der Waals surface area contributed by atoms with E-state index in [1.807, 2.05) is 0 Å². The molecular weight excluding hydrogens is 1810 g/mol. The van der Waals surface area contributed by atoms with Gasteiger partial charge < -0.3 is 22.1 Å². The second-order valence-corrected chi connectivity index (χ2v) is 40.2. The number of rotatable bonds is 14. The van der Waals surface area contributed by atoms with Crippen LogP contribution >= 0.6 is 0 Å². The Morgan fingerprint density at radius 3 is 0.872 bits per heavy atom. The lowest BCUT2D eigenvalue weighted by molar-refractivity contribution is 0.442. The number of hydrogen-bond donors (Lipinski definition) is 0. The van der Waals surface area contributed by atoms with E-state index in [0.717, 1.165) is 105 Å². The van der Waals surface area contributed by atoms with Crippen LogP contribution in [-0.4, -0.2) is 0 Å². The van der Waals surface area contributed by atoms with Gasteiger partial charge in [-0.2, -0.15) is 0 Å². The largest absolute Gasteiger partial charge is 0.455 e. The molecule has 0 unspecified atom stereocenters. The molecule has 5 heteroatoms. The van der Waals surface area contributed by atoms with E-state index >= 15 is 0 Å². The van der Waals surface area contributed by atoms with Crippen molar-refractivity contribution in [1.82, 2.24) is 0 Å². The summed E-state index contributed by atoms with van der Waals surface area (Å²) in [4.78, 5) is 0. The van der Waals surface area contributed by atoms with Crippen LogP contribution in [0.1, 0.15) is 117 Å². The molecule has 149 heavy (non-hydrogen) atoms. The van der Waals surface area contributed by atoms with Crippen molar-refractivity contribution in [3.8, 4) is 22.3 Å². The third-order valence-corrected chi connectivity index (χ3v) is 30.9. The first kappa shape index (κ1) is 91.1. The van der Waals surface area contributed by atoms with E-state index in [4.69, 9.17) is 22.1 Å². The Labute approximate surface area is 865 Å². The van der Waals surface area contributed by atoms with E-state index in [-0.39, 0.29) is 0 Å². The fourth-order valence-corrected chi connectivity index (χ4v) is 23.9. The highest BCUT2D eigenvalue weighted by Gasteiger charge is 2.28. The molecule has 0 radical (unpaired) electrons. The van der Waals surface area contributed by atoms with Gasteiger partial charge in [0.1, 0.15) is 55.8 Å². The molecule has 1 aliphatic carbocycles. The SMILES string of the molecule is CCc1cc2ccccc2c2c1oc1c(Cc3ccccc3)cccc12.Cc1cc2ccccc2c2c1oc1c(Cc3ccccc3)cccc12.c1ccc(Cc2cc3ccccc3c3c2oc2c(-c4cccc5ccccc45)cccc23)cc1.c1ccc(Cc2cccc3c2oc2c(-c4cccc5ccccc45)cc4ccccc4c23)cc1.c1ccc(Cc2cccc3c2oc2c(C4CCCCC4)cc4ccccc4c23)cc1. The van der Waals surface area contributed by atoms with Crippen LogP contribution in [0.4, 0.5) is 0 Å². The molecule has 0 N–H and O–H groups in total. The summed E-state index contributed by atoms with van der Waals surface area (Å²) in [6, 6.07) is 171. The molecule has 24 aromatic carbocycles. The minimum atomic E-state index is 0.615. The molecule has 0 saturated heterocycles. The molecule has 0 amide bonds. The Morgan fingerprint density at radius 1 is 0.181 bits per heavy atom. The van der Waals surface area contributed by atoms with E-state index in [1.54, 1.807) is 0 Å². The van der Waals surface area contributed by atoms with Crippen molar-refractivity contribution in [2.75, 3.05) is 0 Å². The minimum Gasteiger partial charge on any atom is -0.455 e. The second-order valence-electron chi connectivity index (χ2n) is 40.2. The first-order valence-corrected chi connectivity index (χ1v) is 52.7. The maximum absolute atomic E-state index is 6.80. The number of furan rings is 5. The summed E-state index contributed by atoms with van der Waals surface area (Å²) in [5, 5.41) is 29.9. The Bertz CT molecular complexity index is 10100. The molecule has 5 heterocycles. The standard InChI is InChI=1S/2C33H22O.C29H26O.C25H20O.C24H18O/c1-2-10-22(11-3-1)20-25-15-9-19-29-31-27-17-7-5-13-24(27)21-30(33(31)34-32(25)29)28-18-8-14-23-12-4-6-16-26(23)28;1-2-10-22(11-3-1)20-25-21-24-13-5-7-16-27(24)31-30-19-9-18-29(33(30)34-32(25)31)28-17-8-14-23-12-4-6-15-26(23)28;1-3-10-20(11-4-1)18-23-15-9-17-25-27-24-16-8-7-14-22(24)19-26(29(27)30-28(23)25)21-12-5-2-6-13-21;1-2-18-16-19-11-6-7-13-21(19)23-22-14-8-12-20(24(22)26-25(18)23)15-17-9-4-3-5-10-17;1-16-14-18-10-5-6-12-20(18)22-21-13-7-11-19(24(21)25-23(16)22)15-17-8-3-2-4-9-17/h2*1-19,21H,20H2;1,3-4,7-11,14-17,19,21H,2,5-6,12-13,18H2;3-14,16H,2,15H2,1H3;2-14H,15H2,1H3. The maximum atomic E-state index is 6.80. The molecule has 0 atom stereocenters. The van der Waals surface area contributed by atoms with Gasteiger partial charge in [0.05, 0.1) is 0 Å². The van der Waals surface area contributed by atoms with Crippen LogP contribution in [0.2, 0.25) is 0 Å². The lowest BCUT2D eigenvalue weighted by atomic mass is 9.82. The Kier molecular flexibility index (Phi) is 24.4. The lowest BCUT2D eigenvalue weighted by Gasteiger charge is -2.22. The molecule has 5 aromatic heterocycles. The van der Waals surface area contributed by atoms with Crippen LogP contribution in [0.25, 0.3) is 207 Å². The summed E-state index contributed by atoms with van der Waals surface area (Å²) in [7, 11) is 0. The Morgan fingerprint density at radius 2 is 0.450 bits per heavy atom. The van der Waals surface area contributed by atoms with Crippen molar-refractivity contribution in [1.29, 1.82) is 0 Å². The van der Waals surface area contributed by atoms with Crippen molar-refractivity contribution in [3.63, 3.8) is 0 Å². The summed E-state index contributed by atoms with van der Waals surface area (Å²) >= 11 is 0. The number of hydrogen-bond acceptors (Lipinski definition) is 5. The topological polar surface area (TPSA) is 65.7 Å². The van der Waals surface area contributed by atoms with Gasteiger partial charge in [0.2, 0.25) is 0 Å². The lowest BCUT2D eigenvalue weighted by Crippen LogP contribution is -2.04. The van der Waals surface area contributed by atoms with E-state index < -0.39 is 0 Å². The highest BCUT2D eigenvalue weighted by molar-refractivity contribution is 6.27. The monoisotopic (exact) mass is 1920 g/mol. The van der Waals surface area contributed by atoms with Gasteiger partial charge >= 0.3 is 0 Å². The van der Waals surface area contributed by atoms with Crippen LogP contribution in [-0.2, 0) is 38.5 Å². The van der Waals surface area contributed by atoms with Crippen molar-refractivity contribution in [2.45, 2.75) is 90.4 Å². The molecule has 30 rings (SSSR count). The van der Waals surface area contributed by atoms with Crippen LogP contribution in [0.5, 0.6) is 0 Å². The third kappa shape index (κ3) is 17.3. The molecule has 0 spiro atoms. The van der Waals surface area contributed by atoms with Crippen molar-refractivity contribution < 1.29 is 22.1 Å². The zero-order valence-corrected chi connectivity index (χ0v) is 83.5. The fraction of sp³-hybridized carbons (Fsp3) is 0.0972. The van der Waals surface area contributed by atoms with Crippen molar-refractivity contribution in [2.24, 2.45) is 0 Å². The fourth-order valence-electron chi connectivity index (χ4n) is 23.9. The van der Waals surface area contributed by atoms with Crippen LogP contribution in [0.15, 0.2) is 501 Å². The summed E-state index contributed by atoms with van der Waals surface area (Å²) in [5.74, 6) is 0.615. The van der Waals surface area contributed by atoms with Crippen molar-refractivity contribution in [3.05, 3.63) is 552 Å². The van der Waals surface area contributed by atoms with Gasteiger partial charge in [0, 0.05) is 103 Å². The molecule has 0 aliphatic heterocycles. The molecule has 1 fully saturated rings. The Balaban J connectivity index is 0.0000000946. The number of fused-ring (bicyclic) bond motifs is 27. The first-order valence-electron chi connectivity index (χ1n) is 52.7. The highest BCUT2D eigenvalue weighted by Crippen LogP contribution is 2.50. The molecule has 29 aromatic rings. The van der Waals surface area contributed by atoms with Gasteiger partial charge in [-0.1, -0.05) is 475 Å². The molecule has 1 saturated carbocycles. The minimum absolute atomic E-state index is 0.615. The molecule has 714 valence electrons. The zero-order valence-electron chi connectivity index (χ0n) is 83.5. The maximum Gasteiger partial charge on any atom is 0.143 e. The van der Waals surface area contributed by atoms with E-state index in [2.05, 4.69) is 493 Å². The Hall–Kier alpha value is -17.9. The van der Waals surface area contributed by atoms with Gasteiger partial charge in [-0.25, -0.2) is 0 Å². The number of benzene rings is 24. The summed E-state index contributed by atoms with van der Waals surface area (Å²) in [5.41, 5.74) is 31.5. The van der Waals surface area contributed by atoms with E-state index in [9.17, 15) is 0 Å². The van der Waals surface area contributed by atoms with Gasteiger partial charge in [-0.3, -0.25) is 0 Å². The first-order chi connectivity index (χ1) is 73.8. The third-order valence-electron chi connectivity index (χ3n) is 30.9. The quantitative estimate of drug-likeness (QED) is 0.109. The van der Waals surface area contributed by atoms with Crippen LogP contribution in [0, 0.1) is 6.92 Å². The molecule has 5 nitrogen and oxygen atoms in total. The highest BCUT2D eigenvalue weighted by atomic mass is 16.3. The van der Waals surface area contributed by atoms with Gasteiger partial charge in [0.25, 0.3) is 0 Å². The second kappa shape index (κ2) is 39.9. The smallest absolute Gasteiger partial charge is 0.143 e.